The van der Waals surface area contributed by atoms with Gasteiger partial charge in [0.15, 0.2) is 23.6 Å². The maximum Gasteiger partial charge on any atom is 0.333 e. The smallest absolute Gasteiger partial charge is 0.333 e. The topological polar surface area (TPSA) is 140 Å². The lowest BCUT2D eigenvalue weighted by molar-refractivity contribution is -0.156. The summed E-state index contributed by atoms with van der Waals surface area (Å²) < 4.78 is 12.9. The molecule has 4 rings (SSSR count). The lowest BCUT2D eigenvalue weighted by Crippen LogP contribution is -2.48. The van der Waals surface area contributed by atoms with E-state index < -0.39 is 36.1 Å². The van der Waals surface area contributed by atoms with E-state index in [4.69, 9.17) is 27.5 Å². The molecule has 1 fully saturated rings. The Bertz CT molecular complexity index is 1230. The molecule has 0 spiro atoms. The molecule has 1 aliphatic rings. The summed E-state index contributed by atoms with van der Waals surface area (Å²) in [5, 5.41) is 31.5. The molecule has 1 saturated heterocycles. The van der Waals surface area contributed by atoms with Gasteiger partial charge in [-0.05, 0) is 23.6 Å². The molecule has 34 heavy (non-hydrogen) atoms. The van der Waals surface area contributed by atoms with Crippen LogP contribution in [0.1, 0.15) is 24.4 Å². The van der Waals surface area contributed by atoms with Gasteiger partial charge in [0.2, 0.25) is 5.28 Å². The number of ether oxygens (including phenoxy) is 2. The number of carbonyl (C=O) groups is 1. The van der Waals surface area contributed by atoms with Crippen molar-refractivity contribution in [3.05, 3.63) is 53.2 Å². The summed E-state index contributed by atoms with van der Waals surface area (Å²) in [5.74, 6) is 0.999. The fourth-order valence-corrected chi connectivity index (χ4v) is 4.13. The SMILES string of the molecule is C#C[C@@]1(O)[C@@H](COC(Cc2ccccc2)C(=O)O)O[C@@H](n2cnc3c(CC)nc(Cl)nc32)[C@@H]1O. The minimum Gasteiger partial charge on any atom is -0.479 e. The van der Waals surface area contributed by atoms with Gasteiger partial charge in [0.1, 0.15) is 17.7 Å². The largest absolute Gasteiger partial charge is 0.479 e. The molecule has 3 heterocycles. The van der Waals surface area contributed by atoms with Gasteiger partial charge in [-0.2, -0.15) is 4.98 Å². The Morgan fingerprint density at radius 2 is 2.12 bits per heavy atom. The van der Waals surface area contributed by atoms with Crippen molar-refractivity contribution in [3.8, 4) is 12.3 Å². The maximum atomic E-state index is 11.7. The second-order valence-electron chi connectivity index (χ2n) is 7.90. The molecular weight excluding hydrogens is 464 g/mol. The molecule has 10 nitrogen and oxygen atoms in total. The second-order valence-corrected chi connectivity index (χ2v) is 8.23. The minimum atomic E-state index is -2.15. The Labute approximate surface area is 200 Å². The summed E-state index contributed by atoms with van der Waals surface area (Å²) in [5.41, 5.74) is -0.00422. The number of benzene rings is 1. The fraction of sp³-hybridized carbons (Fsp3) is 0.391. The highest BCUT2D eigenvalue weighted by Gasteiger charge is 2.56. The molecule has 1 unspecified atom stereocenters. The standard InChI is InChI=1S/C23H23ClN4O6/c1-3-14-17-19(27-22(24)26-14)28(12-25-17)20-18(29)23(32,4-2)16(34-20)11-33-15(21(30)31)10-13-8-6-5-7-9-13/h2,5-9,12,15-16,18,20,29,32H,3,10-11H2,1H3,(H,30,31)/t15?,16-,18+,20-,23-/m1/s1. The quantitative estimate of drug-likeness (QED) is 0.318. The molecule has 178 valence electrons. The summed E-state index contributed by atoms with van der Waals surface area (Å²) in [6.07, 6.45) is 2.40. The van der Waals surface area contributed by atoms with Crippen LogP contribution in [0, 0.1) is 12.3 Å². The second kappa shape index (κ2) is 9.66. The Balaban J connectivity index is 1.58. The summed E-state index contributed by atoms with van der Waals surface area (Å²) >= 11 is 6.04. The van der Waals surface area contributed by atoms with Crippen molar-refractivity contribution in [1.82, 2.24) is 19.5 Å². The van der Waals surface area contributed by atoms with E-state index in [2.05, 4.69) is 20.9 Å². The van der Waals surface area contributed by atoms with Gasteiger partial charge < -0.3 is 24.8 Å². The number of hydrogen-bond donors (Lipinski definition) is 3. The van der Waals surface area contributed by atoms with Crippen molar-refractivity contribution < 1.29 is 29.6 Å². The van der Waals surface area contributed by atoms with Gasteiger partial charge in [-0.3, -0.25) is 4.57 Å². The first-order valence-corrected chi connectivity index (χ1v) is 11.0. The van der Waals surface area contributed by atoms with Crippen LogP contribution in [-0.4, -0.2) is 71.3 Å². The summed E-state index contributed by atoms with van der Waals surface area (Å²) in [6, 6.07) is 8.97. The molecule has 1 aromatic carbocycles. The highest BCUT2D eigenvalue weighted by molar-refractivity contribution is 6.28. The fourth-order valence-electron chi connectivity index (χ4n) is 3.94. The lowest BCUT2D eigenvalue weighted by atomic mass is 9.93. The minimum absolute atomic E-state index is 0.00380. The number of fused-ring (bicyclic) bond motifs is 1. The molecule has 3 aromatic rings. The summed E-state index contributed by atoms with van der Waals surface area (Å²) in [6.45, 7) is 1.51. The van der Waals surface area contributed by atoms with Crippen LogP contribution < -0.4 is 0 Å². The van der Waals surface area contributed by atoms with E-state index in [1.807, 2.05) is 13.0 Å². The number of carboxylic acids is 1. The van der Waals surface area contributed by atoms with Gasteiger partial charge >= 0.3 is 5.97 Å². The lowest BCUT2D eigenvalue weighted by Gasteiger charge is -2.26. The van der Waals surface area contributed by atoms with Crippen molar-refractivity contribution in [2.45, 2.75) is 49.9 Å². The third kappa shape index (κ3) is 4.36. The monoisotopic (exact) mass is 486 g/mol. The molecule has 0 saturated carbocycles. The van der Waals surface area contributed by atoms with Crippen molar-refractivity contribution >= 4 is 28.7 Å². The Morgan fingerprint density at radius 1 is 1.38 bits per heavy atom. The molecule has 5 atom stereocenters. The number of aryl methyl sites for hydroxylation is 1. The van der Waals surface area contributed by atoms with Crippen molar-refractivity contribution in [2.75, 3.05) is 6.61 Å². The number of hydrogen-bond acceptors (Lipinski definition) is 8. The third-order valence-electron chi connectivity index (χ3n) is 5.81. The molecule has 0 radical (unpaired) electrons. The van der Waals surface area contributed by atoms with Crippen LogP contribution in [-0.2, 0) is 27.1 Å². The number of rotatable bonds is 8. The van der Waals surface area contributed by atoms with Crippen molar-refractivity contribution in [2.24, 2.45) is 0 Å². The molecule has 0 bridgehead atoms. The van der Waals surface area contributed by atoms with Gasteiger partial charge in [0.05, 0.1) is 18.6 Å². The zero-order valence-corrected chi connectivity index (χ0v) is 19.0. The molecule has 0 amide bonds. The predicted molar refractivity (Wildman–Crippen MR) is 121 cm³/mol. The van der Waals surface area contributed by atoms with Crippen LogP contribution >= 0.6 is 11.6 Å². The van der Waals surface area contributed by atoms with Crippen molar-refractivity contribution in [3.63, 3.8) is 0 Å². The van der Waals surface area contributed by atoms with Gasteiger partial charge in [-0.25, -0.2) is 14.8 Å². The number of aliphatic hydroxyl groups is 2. The molecule has 2 aromatic heterocycles. The Kier molecular flexibility index (Phi) is 6.84. The Hall–Kier alpha value is -3.07. The van der Waals surface area contributed by atoms with Crippen LogP contribution in [0.25, 0.3) is 11.2 Å². The van der Waals surface area contributed by atoms with E-state index in [9.17, 15) is 20.1 Å². The zero-order chi connectivity index (χ0) is 24.5. The Morgan fingerprint density at radius 3 is 2.76 bits per heavy atom. The zero-order valence-electron chi connectivity index (χ0n) is 18.2. The average molecular weight is 487 g/mol. The maximum absolute atomic E-state index is 11.7. The number of nitrogens with zero attached hydrogens (tertiary/aromatic N) is 4. The van der Waals surface area contributed by atoms with Gasteiger partial charge in [-0.15, -0.1) is 6.42 Å². The number of aromatic nitrogens is 4. The third-order valence-corrected chi connectivity index (χ3v) is 5.98. The number of aliphatic carboxylic acids is 1. The van der Waals surface area contributed by atoms with Crippen LogP contribution in [0.15, 0.2) is 36.7 Å². The van der Waals surface area contributed by atoms with Crippen LogP contribution in [0.2, 0.25) is 5.28 Å². The number of terminal acetylenes is 1. The summed E-state index contributed by atoms with van der Waals surface area (Å²) in [4.78, 5) is 24.4. The van der Waals surface area contributed by atoms with Gasteiger partial charge in [0, 0.05) is 6.42 Å². The summed E-state index contributed by atoms with van der Waals surface area (Å²) in [7, 11) is 0. The molecule has 11 heteroatoms. The van der Waals surface area contributed by atoms with Crippen LogP contribution in [0.3, 0.4) is 0 Å². The number of imidazole rings is 1. The van der Waals surface area contributed by atoms with Crippen LogP contribution in [0.5, 0.6) is 0 Å². The first-order valence-electron chi connectivity index (χ1n) is 10.6. The highest BCUT2D eigenvalue weighted by Crippen LogP contribution is 2.38. The number of aliphatic hydroxyl groups excluding tert-OH is 1. The van der Waals surface area contributed by atoms with E-state index in [0.717, 1.165) is 5.56 Å². The highest BCUT2D eigenvalue weighted by atomic mass is 35.5. The normalized spacial score (nSPS) is 25.3. The first kappa shape index (κ1) is 24.1. The van der Waals surface area contributed by atoms with E-state index in [1.54, 1.807) is 24.3 Å². The van der Waals surface area contributed by atoms with Crippen molar-refractivity contribution in [1.29, 1.82) is 0 Å². The first-order chi connectivity index (χ1) is 16.3. The van der Waals surface area contributed by atoms with E-state index in [1.165, 1.54) is 10.9 Å². The van der Waals surface area contributed by atoms with E-state index in [-0.39, 0.29) is 18.3 Å². The van der Waals surface area contributed by atoms with Crippen LogP contribution in [0.4, 0.5) is 0 Å². The number of carboxylic acid groups (broad SMARTS) is 1. The average Bonchev–Trinajstić information content (AvgIpc) is 3.35. The predicted octanol–water partition coefficient (Wildman–Crippen LogP) is 1.38. The van der Waals surface area contributed by atoms with E-state index in [0.29, 0.717) is 23.3 Å². The van der Waals surface area contributed by atoms with Gasteiger partial charge in [0.25, 0.3) is 0 Å². The molecule has 0 aliphatic carbocycles. The molecule has 3 N–H and O–H groups in total. The van der Waals surface area contributed by atoms with Gasteiger partial charge in [-0.1, -0.05) is 43.2 Å². The molecule has 1 aliphatic heterocycles. The number of halogens is 1. The van der Waals surface area contributed by atoms with E-state index >= 15 is 0 Å². The molecular formula is C23H23ClN4O6.